The van der Waals surface area contributed by atoms with Crippen molar-refractivity contribution in [2.24, 2.45) is 0 Å². The van der Waals surface area contributed by atoms with E-state index in [9.17, 15) is 4.79 Å². The van der Waals surface area contributed by atoms with E-state index in [4.69, 9.17) is 9.47 Å². The average Bonchev–Trinajstić information content (AvgIpc) is 3.55. The predicted octanol–water partition coefficient (Wildman–Crippen LogP) is 7.29. The Balaban J connectivity index is 1.45. The Labute approximate surface area is 231 Å². The number of fused-ring (bicyclic) bond motifs is 5. The van der Waals surface area contributed by atoms with Gasteiger partial charge in [-0.25, -0.2) is 4.79 Å². The highest BCUT2D eigenvalue weighted by Crippen LogP contribution is 2.44. The van der Waals surface area contributed by atoms with Crippen LogP contribution in [0, 0.1) is 0 Å². The van der Waals surface area contributed by atoms with Crippen molar-refractivity contribution in [2.45, 2.75) is 43.2 Å². The second-order valence-electron chi connectivity index (χ2n) is 9.60. The number of urea groups is 1. The fourth-order valence-corrected chi connectivity index (χ4v) is 7.44. The summed E-state index contributed by atoms with van der Waals surface area (Å²) in [6.45, 7) is 0.552. The number of aryl methyl sites for hydroxylation is 1. The molecule has 196 valence electrons. The van der Waals surface area contributed by atoms with E-state index in [0.717, 1.165) is 24.1 Å². The first-order valence-corrected chi connectivity index (χ1v) is 14.9. The monoisotopic (exact) mass is 545 g/mol. The molecule has 1 atom stereocenters. The van der Waals surface area contributed by atoms with E-state index < -0.39 is 0 Å². The van der Waals surface area contributed by atoms with Gasteiger partial charge in [0.1, 0.15) is 5.00 Å². The van der Waals surface area contributed by atoms with E-state index in [0.29, 0.717) is 23.7 Å². The number of thiophene rings is 1. The third kappa shape index (κ3) is 4.35. The number of benzene rings is 2. The molecular formula is C30H31N3O3S2. The fourth-order valence-electron chi connectivity index (χ4n) is 5.63. The number of thioether (sulfide) groups is 1. The van der Waals surface area contributed by atoms with Gasteiger partial charge in [0.2, 0.25) is 0 Å². The number of hydrogen-bond acceptors (Lipinski definition) is 5. The summed E-state index contributed by atoms with van der Waals surface area (Å²) in [7, 11) is 3.20. The summed E-state index contributed by atoms with van der Waals surface area (Å²) in [4.78, 5) is 18.8. The standard InChI is InChI=1S/C30H31N3O3S2/c1-35-25-15-12-20(17-26(25)36-2)31-30(34)33-18-23-22-7-4-5-9-27(22)38-29(23)32-16-6-8-24(32)28(33)19-10-13-21(37-3)14-11-19/h6,8,10-17,28H,4-5,7,9,18H2,1-3H3,(H,31,34)/t28-/m1/s1. The van der Waals surface area contributed by atoms with E-state index in [-0.39, 0.29) is 12.1 Å². The number of hydrogen-bond donors (Lipinski definition) is 1. The maximum absolute atomic E-state index is 14.1. The van der Waals surface area contributed by atoms with Crippen molar-refractivity contribution < 1.29 is 14.3 Å². The molecule has 4 aromatic rings. The lowest BCUT2D eigenvalue weighted by Gasteiger charge is -2.31. The molecule has 1 aliphatic carbocycles. The molecule has 6 rings (SSSR count). The number of ether oxygens (including phenoxy) is 2. The zero-order chi connectivity index (χ0) is 26.2. The molecule has 38 heavy (non-hydrogen) atoms. The molecule has 2 aromatic heterocycles. The van der Waals surface area contributed by atoms with Crippen LogP contribution < -0.4 is 14.8 Å². The molecule has 0 bridgehead atoms. The van der Waals surface area contributed by atoms with Gasteiger partial charge in [-0.2, -0.15) is 0 Å². The first-order chi connectivity index (χ1) is 18.6. The van der Waals surface area contributed by atoms with Crippen LogP contribution in [0.4, 0.5) is 10.5 Å². The van der Waals surface area contributed by atoms with Crippen molar-refractivity contribution in [2.75, 3.05) is 25.8 Å². The second-order valence-corrected chi connectivity index (χ2v) is 11.6. The molecule has 2 aliphatic rings. The van der Waals surface area contributed by atoms with Crippen LogP contribution in [-0.2, 0) is 19.4 Å². The Kier molecular flexibility index (Phi) is 6.84. The van der Waals surface area contributed by atoms with Crippen molar-refractivity contribution in [3.63, 3.8) is 0 Å². The van der Waals surface area contributed by atoms with E-state index in [2.05, 4.69) is 58.7 Å². The normalized spacial score (nSPS) is 16.2. The van der Waals surface area contributed by atoms with E-state index in [1.165, 1.54) is 38.7 Å². The lowest BCUT2D eigenvalue weighted by Crippen LogP contribution is -2.38. The number of nitrogens with zero attached hydrogens (tertiary/aromatic N) is 2. The van der Waals surface area contributed by atoms with Crippen LogP contribution in [0.5, 0.6) is 11.5 Å². The first-order valence-electron chi connectivity index (χ1n) is 12.9. The Hall–Kier alpha value is -3.36. The zero-order valence-electron chi connectivity index (χ0n) is 21.8. The first kappa shape index (κ1) is 24.9. The number of rotatable bonds is 5. The van der Waals surface area contributed by atoms with Crippen molar-refractivity contribution in [3.8, 4) is 16.5 Å². The van der Waals surface area contributed by atoms with Gasteiger partial charge in [0, 0.05) is 33.3 Å². The molecular weight excluding hydrogens is 514 g/mol. The number of methoxy groups -OCH3 is 2. The van der Waals surface area contributed by atoms with Gasteiger partial charge in [-0.1, -0.05) is 12.1 Å². The second kappa shape index (κ2) is 10.4. The van der Waals surface area contributed by atoms with Gasteiger partial charge < -0.3 is 24.3 Å². The summed E-state index contributed by atoms with van der Waals surface area (Å²) in [5.74, 6) is 1.20. The Morgan fingerprint density at radius 2 is 1.79 bits per heavy atom. The third-order valence-corrected chi connectivity index (χ3v) is 9.58. The lowest BCUT2D eigenvalue weighted by atomic mass is 9.95. The summed E-state index contributed by atoms with van der Waals surface area (Å²) in [6.07, 6.45) is 8.87. The predicted molar refractivity (Wildman–Crippen MR) is 154 cm³/mol. The number of nitrogens with one attached hydrogen (secondary N) is 1. The summed E-state index contributed by atoms with van der Waals surface area (Å²) in [6, 6.07) is 17.9. The molecule has 8 heteroatoms. The van der Waals surface area contributed by atoms with E-state index in [1.54, 1.807) is 32.0 Å². The van der Waals surface area contributed by atoms with Gasteiger partial charge in [-0.3, -0.25) is 0 Å². The smallest absolute Gasteiger partial charge is 0.322 e. The Bertz CT molecular complexity index is 1470. The highest BCUT2D eigenvalue weighted by atomic mass is 32.2. The molecule has 1 N–H and O–H groups in total. The average molecular weight is 546 g/mol. The summed E-state index contributed by atoms with van der Waals surface area (Å²) < 4.78 is 13.2. The molecule has 0 fully saturated rings. The number of anilines is 1. The fraction of sp³-hybridized carbons (Fsp3) is 0.300. The van der Waals surface area contributed by atoms with Crippen molar-refractivity contribution >= 4 is 34.8 Å². The van der Waals surface area contributed by atoms with Crippen molar-refractivity contribution in [1.29, 1.82) is 0 Å². The SMILES string of the molecule is COc1ccc(NC(=O)N2Cc3c(sc4c3CCCC4)-n3cccc3[C@H]2c2ccc(SC)cc2)cc1OC. The largest absolute Gasteiger partial charge is 0.493 e. The molecule has 0 spiro atoms. The maximum atomic E-state index is 14.1. The summed E-state index contributed by atoms with van der Waals surface area (Å²) in [5.41, 5.74) is 5.58. The highest BCUT2D eigenvalue weighted by molar-refractivity contribution is 7.98. The molecule has 3 heterocycles. The lowest BCUT2D eigenvalue weighted by molar-refractivity contribution is 0.194. The zero-order valence-corrected chi connectivity index (χ0v) is 23.5. The van der Waals surface area contributed by atoms with Gasteiger partial charge in [-0.15, -0.1) is 23.1 Å². The van der Waals surface area contributed by atoms with Gasteiger partial charge in [-0.05, 0) is 79.5 Å². The minimum Gasteiger partial charge on any atom is -0.493 e. The number of aromatic nitrogens is 1. The Morgan fingerprint density at radius 3 is 2.55 bits per heavy atom. The van der Waals surface area contributed by atoms with Crippen LogP contribution in [0.3, 0.4) is 0 Å². The molecule has 1 aliphatic heterocycles. The summed E-state index contributed by atoms with van der Waals surface area (Å²) in [5, 5.41) is 4.41. The van der Waals surface area contributed by atoms with E-state index in [1.807, 2.05) is 28.4 Å². The molecule has 0 unspecified atom stereocenters. The van der Waals surface area contributed by atoms with Gasteiger partial charge in [0.15, 0.2) is 11.5 Å². The van der Waals surface area contributed by atoms with Crippen LogP contribution in [0.1, 0.15) is 46.1 Å². The van der Waals surface area contributed by atoms with Crippen LogP contribution in [0.2, 0.25) is 0 Å². The van der Waals surface area contributed by atoms with Gasteiger partial charge in [0.25, 0.3) is 0 Å². The molecule has 2 amide bonds. The van der Waals surface area contributed by atoms with Crippen molar-refractivity contribution in [1.82, 2.24) is 9.47 Å². The Morgan fingerprint density at radius 1 is 1.00 bits per heavy atom. The van der Waals surface area contributed by atoms with Crippen LogP contribution in [0.25, 0.3) is 5.00 Å². The molecule has 0 saturated carbocycles. The third-order valence-electron chi connectivity index (χ3n) is 7.51. The summed E-state index contributed by atoms with van der Waals surface area (Å²) >= 11 is 3.62. The van der Waals surface area contributed by atoms with Gasteiger partial charge in [0.05, 0.1) is 32.5 Å². The topological polar surface area (TPSA) is 55.7 Å². The molecule has 0 saturated heterocycles. The maximum Gasteiger partial charge on any atom is 0.322 e. The quantitative estimate of drug-likeness (QED) is 0.268. The van der Waals surface area contributed by atoms with Crippen LogP contribution >= 0.6 is 23.1 Å². The number of carbonyl (C=O) groups is 1. The highest BCUT2D eigenvalue weighted by Gasteiger charge is 2.36. The molecule has 0 radical (unpaired) electrons. The number of amides is 2. The minimum atomic E-state index is -0.236. The van der Waals surface area contributed by atoms with Gasteiger partial charge >= 0.3 is 6.03 Å². The molecule has 2 aromatic carbocycles. The van der Waals surface area contributed by atoms with E-state index >= 15 is 0 Å². The van der Waals surface area contributed by atoms with Crippen LogP contribution in [0.15, 0.2) is 65.7 Å². The van der Waals surface area contributed by atoms with Crippen molar-refractivity contribution in [3.05, 3.63) is 88.1 Å². The number of carbonyl (C=O) groups excluding carboxylic acids is 1. The van der Waals surface area contributed by atoms with Crippen LogP contribution in [-0.4, -0.2) is 36.0 Å². The molecule has 6 nitrogen and oxygen atoms in total. The minimum absolute atomic E-state index is 0.146.